The van der Waals surface area contributed by atoms with Crippen LogP contribution in [0.5, 0.6) is 0 Å². The zero-order valence-corrected chi connectivity index (χ0v) is 10.8. The molecule has 0 atom stereocenters. The SMILES string of the molecule is CCCn1c(Br)nc(C(=O)OCC)c1C. The van der Waals surface area contributed by atoms with Gasteiger partial charge in [-0.15, -0.1) is 0 Å². The molecular formula is C10H15BrN2O2. The van der Waals surface area contributed by atoms with E-state index in [1.807, 2.05) is 11.5 Å². The van der Waals surface area contributed by atoms with E-state index in [9.17, 15) is 4.79 Å². The summed E-state index contributed by atoms with van der Waals surface area (Å²) >= 11 is 3.33. The van der Waals surface area contributed by atoms with E-state index in [0.29, 0.717) is 17.0 Å². The van der Waals surface area contributed by atoms with Gasteiger partial charge in [-0.25, -0.2) is 9.78 Å². The first-order chi connectivity index (χ1) is 7.11. The van der Waals surface area contributed by atoms with Gasteiger partial charge in [0.15, 0.2) is 10.4 Å². The molecule has 0 N–H and O–H groups in total. The number of ether oxygens (including phenoxy) is 1. The van der Waals surface area contributed by atoms with Crippen molar-refractivity contribution in [2.45, 2.75) is 33.7 Å². The zero-order valence-electron chi connectivity index (χ0n) is 9.21. The van der Waals surface area contributed by atoms with E-state index >= 15 is 0 Å². The third-order valence-electron chi connectivity index (χ3n) is 2.09. The molecule has 0 aliphatic heterocycles. The van der Waals surface area contributed by atoms with Crippen molar-refractivity contribution >= 4 is 21.9 Å². The predicted molar refractivity (Wildman–Crippen MR) is 60.9 cm³/mol. The summed E-state index contributed by atoms with van der Waals surface area (Å²) in [6, 6.07) is 0. The normalized spacial score (nSPS) is 10.4. The van der Waals surface area contributed by atoms with Gasteiger partial charge in [0, 0.05) is 6.54 Å². The van der Waals surface area contributed by atoms with Gasteiger partial charge in [-0.3, -0.25) is 0 Å². The molecule has 1 heterocycles. The smallest absolute Gasteiger partial charge is 0.358 e. The second kappa shape index (κ2) is 5.30. The van der Waals surface area contributed by atoms with Crippen molar-refractivity contribution in [3.8, 4) is 0 Å². The number of halogens is 1. The fourth-order valence-corrected chi connectivity index (χ4v) is 2.00. The molecule has 0 unspecified atom stereocenters. The first-order valence-electron chi connectivity index (χ1n) is 5.01. The van der Waals surface area contributed by atoms with E-state index < -0.39 is 0 Å². The van der Waals surface area contributed by atoms with Crippen molar-refractivity contribution in [1.29, 1.82) is 0 Å². The Morgan fingerprint density at radius 3 is 2.73 bits per heavy atom. The standard InChI is InChI=1S/C10H15BrN2O2/c1-4-6-13-7(3)8(12-10(13)11)9(14)15-5-2/h4-6H2,1-3H3. The van der Waals surface area contributed by atoms with Gasteiger partial charge >= 0.3 is 5.97 Å². The van der Waals surface area contributed by atoms with Crippen LogP contribution in [0.3, 0.4) is 0 Å². The Labute approximate surface area is 97.8 Å². The van der Waals surface area contributed by atoms with Gasteiger partial charge in [-0.05, 0) is 36.2 Å². The van der Waals surface area contributed by atoms with Crippen LogP contribution in [0, 0.1) is 6.92 Å². The van der Waals surface area contributed by atoms with Crippen LogP contribution in [0.25, 0.3) is 0 Å². The van der Waals surface area contributed by atoms with Crippen LogP contribution in [0.2, 0.25) is 0 Å². The average Bonchev–Trinajstić information content (AvgIpc) is 2.47. The number of hydrogen-bond acceptors (Lipinski definition) is 3. The Morgan fingerprint density at radius 1 is 1.53 bits per heavy atom. The molecule has 84 valence electrons. The van der Waals surface area contributed by atoms with Crippen LogP contribution in [0.4, 0.5) is 0 Å². The van der Waals surface area contributed by atoms with Crippen molar-refractivity contribution in [2.75, 3.05) is 6.61 Å². The molecule has 0 aliphatic carbocycles. The summed E-state index contributed by atoms with van der Waals surface area (Å²) in [5.41, 5.74) is 1.25. The molecule has 1 rings (SSSR count). The van der Waals surface area contributed by atoms with Gasteiger partial charge in [0.25, 0.3) is 0 Å². The van der Waals surface area contributed by atoms with Gasteiger partial charge < -0.3 is 9.30 Å². The summed E-state index contributed by atoms with van der Waals surface area (Å²) in [4.78, 5) is 15.7. The van der Waals surface area contributed by atoms with Gasteiger partial charge in [-0.1, -0.05) is 6.92 Å². The molecular weight excluding hydrogens is 260 g/mol. The lowest BCUT2D eigenvalue weighted by atomic mass is 10.3. The largest absolute Gasteiger partial charge is 0.461 e. The first-order valence-corrected chi connectivity index (χ1v) is 5.80. The molecule has 1 aromatic heterocycles. The minimum absolute atomic E-state index is 0.356. The topological polar surface area (TPSA) is 44.1 Å². The Bertz CT molecular complexity index is 361. The highest BCUT2D eigenvalue weighted by Gasteiger charge is 2.18. The van der Waals surface area contributed by atoms with Gasteiger partial charge in [-0.2, -0.15) is 0 Å². The highest BCUT2D eigenvalue weighted by Crippen LogP contribution is 2.17. The Balaban J connectivity index is 3.00. The maximum atomic E-state index is 11.5. The van der Waals surface area contributed by atoms with Crippen LogP contribution in [-0.2, 0) is 11.3 Å². The number of imidazole rings is 1. The Hall–Kier alpha value is -0.840. The third-order valence-corrected chi connectivity index (χ3v) is 2.70. The van der Waals surface area contributed by atoms with E-state index in [-0.39, 0.29) is 5.97 Å². The van der Waals surface area contributed by atoms with Crippen LogP contribution < -0.4 is 0 Å². The highest BCUT2D eigenvalue weighted by molar-refractivity contribution is 9.10. The second-order valence-electron chi connectivity index (χ2n) is 3.19. The first kappa shape index (κ1) is 12.2. The lowest BCUT2D eigenvalue weighted by Crippen LogP contribution is -2.08. The number of rotatable bonds is 4. The number of aromatic nitrogens is 2. The van der Waals surface area contributed by atoms with E-state index in [2.05, 4.69) is 27.8 Å². The summed E-state index contributed by atoms with van der Waals surface area (Å²) in [5.74, 6) is -0.356. The third kappa shape index (κ3) is 2.59. The maximum Gasteiger partial charge on any atom is 0.358 e. The highest BCUT2D eigenvalue weighted by atomic mass is 79.9. The van der Waals surface area contributed by atoms with E-state index in [1.54, 1.807) is 6.92 Å². The zero-order chi connectivity index (χ0) is 11.4. The molecule has 1 aromatic rings. The summed E-state index contributed by atoms with van der Waals surface area (Å²) in [5, 5.41) is 0. The minimum atomic E-state index is -0.356. The molecule has 4 nitrogen and oxygen atoms in total. The van der Waals surface area contributed by atoms with Crippen LogP contribution in [0.15, 0.2) is 4.73 Å². The summed E-state index contributed by atoms with van der Waals surface area (Å²) in [7, 11) is 0. The molecule has 0 saturated heterocycles. The molecule has 5 heteroatoms. The van der Waals surface area contributed by atoms with Crippen LogP contribution in [-0.4, -0.2) is 22.1 Å². The minimum Gasteiger partial charge on any atom is -0.461 e. The van der Waals surface area contributed by atoms with Crippen molar-refractivity contribution in [1.82, 2.24) is 9.55 Å². The predicted octanol–water partition coefficient (Wildman–Crippen LogP) is 2.54. The lowest BCUT2D eigenvalue weighted by Gasteiger charge is -2.04. The number of carbonyl (C=O) groups is 1. The monoisotopic (exact) mass is 274 g/mol. The Morgan fingerprint density at radius 2 is 2.20 bits per heavy atom. The molecule has 0 aromatic carbocycles. The van der Waals surface area contributed by atoms with Crippen molar-refractivity contribution in [3.05, 3.63) is 16.1 Å². The second-order valence-corrected chi connectivity index (χ2v) is 3.90. The van der Waals surface area contributed by atoms with Gasteiger partial charge in [0.05, 0.1) is 12.3 Å². The average molecular weight is 275 g/mol. The van der Waals surface area contributed by atoms with E-state index in [0.717, 1.165) is 18.7 Å². The molecule has 0 bridgehead atoms. The number of nitrogens with zero attached hydrogens (tertiary/aromatic N) is 2. The maximum absolute atomic E-state index is 11.5. The number of esters is 1. The fraction of sp³-hybridized carbons (Fsp3) is 0.600. The van der Waals surface area contributed by atoms with E-state index in [4.69, 9.17) is 4.74 Å². The summed E-state index contributed by atoms with van der Waals surface area (Å²) in [6.45, 7) is 6.95. The van der Waals surface area contributed by atoms with Gasteiger partial charge in [0.2, 0.25) is 0 Å². The number of hydrogen-bond donors (Lipinski definition) is 0. The van der Waals surface area contributed by atoms with Crippen LogP contribution >= 0.6 is 15.9 Å². The molecule has 0 fully saturated rings. The van der Waals surface area contributed by atoms with Crippen LogP contribution in [0.1, 0.15) is 36.5 Å². The summed E-state index contributed by atoms with van der Waals surface area (Å²) < 4.78 is 7.57. The van der Waals surface area contributed by atoms with Crippen molar-refractivity contribution in [3.63, 3.8) is 0 Å². The molecule has 0 aliphatic rings. The van der Waals surface area contributed by atoms with E-state index in [1.165, 1.54) is 0 Å². The van der Waals surface area contributed by atoms with Gasteiger partial charge in [0.1, 0.15) is 0 Å². The van der Waals surface area contributed by atoms with Crippen molar-refractivity contribution < 1.29 is 9.53 Å². The fourth-order valence-electron chi connectivity index (χ4n) is 1.38. The lowest BCUT2D eigenvalue weighted by molar-refractivity contribution is 0.0519. The quantitative estimate of drug-likeness (QED) is 0.793. The summed E-state index contributed by atoms with van der Waals surface area (Å²) in [6.07, 6.45) is 0.998. The Kier molecular flexibility index (Phi) is 4.32. The van der Waals surface area contributed by atoms with Crippen molar-refractivity contribution in [2.24, 2.45) is 0 Å². The molecule has 0 radical (unpaired) electrons. The molecule has 15 heavy (non-hydrogen) atoms. The molecule has 0 saturated carbocycles. The molecule has 0 spiro atoms. The molecule has 0 amide bonds. The number of carbonyl (C=O) groups excluding carboxylic acids is 1.